The average Bonchev–Trinajstić information content (AvgIpc) is 2.86. The van der Waals surface area contributed by atoms with Crippen LogP contribution in [0.3, 0.4) is 0 Å². The Labute approximate surface area is 103 Å². The number of rotatable bonds is 3. The highest BCUT2D eigenvalue weighted by atomic mass is 32.1. The summed E-state index contributed by atoms with van der Waals surface area (Å²) in [6, 6.07) is 0. The van der Waals surface area contributed by atoms with Crippen molar-refractivity contribution in [3.8, 4) is 0 Å². The number of H-pyrrole nitrogens is 1. The van der Waals surface area contributed by atoms with E-state index in [2.05, 4.69) is 20.2 Å². The molecule has 7 heteroatoms. The van der Waals surface area contributed by atoms with Gasteiger partial charge in [0.05, 0.1) is 17.7 Å². The molecule has 0 saturated carbocycles. The molecule has 0 spiro atoms. The number of aryl methyl sites for hydroxylation is 2. The molecule has 0 unspecified atom stereocenters. The number of nitrogens with zero attached hydrogens (tertiary/aromatic N) is 4. The predicted octanol–water partition coefficient (Wildman–Crippen LogP) is 1.15. The van der Waals surface area contributed by atoms with Gasteiger partial charge in [-0.05, 0) is 13.8 Å². The van der Waals surface area contributed by atoms with Gasteiger partial charge < -0.3 is 4.90 Å². The second-order valence-electron chi connectivity index (χ2n) is 3.77. The van der Waals surface area contributed by atoms with Gasteiger partial charge in [-0.3, -0.25) is 9.89 Å². The first kappa shape index (κ1) is 11.7. The molecule has 0 aromatic carbocycles. The smallest absolute Gasteiger partial charge is 0.265 e. The van der Waals surface area contributed by atoms with Crippen molar-refractivity contribution in [2.24, 2.45) is 0 Å². The fourth-order valence-electron chi connectivity index (χ4n) is 1.42. The lowest BCUT2D eigenvalue weighted by molar-refractivity contribution is 0.0785. The Morgan fingerprint density at radius 3 is 2.82 bits per heavy atom. The van der Waals surface area contributed by atoms with Gasteiger partial charge in [0, 0.05) is 7.05 Å². The van der Waals surface area contributed by atoms with Gasteiger partial charge in [-0.25, -0.2) is 9.97 Å². The van der Waals surface area contributed by atoms with E-state index in [1.807, 2.05) is 13.8 Å². The van der Waals surface area contributed by atoms with Crippen molar-refractivity contribution in [1.29, 1.82) is 0 Å². The van der Waals surface area contributed by atoms with Crippen LogP contribution in [0.1, 0.15) is 27.0 Å². The summed E-state index contributed by atoms with van der Waals surface area (Å²) in [5.74, 6) is 1.31. The summed E-state index contributed by atoms with van der Waals surface area (Å²) in [5, 5.41) is 6.75. The van der Waals surface area contributed by atoms with Crippen LogP contribution in [0.15, 0.2) is 5.51 Å². The highest BCUT2D eigenvalue weighted by molar-refractivity contribution is 7.11. The third-order valence-electron chi connectivity index (χ3n) is 2.31. The number of amides is 1. The van der Waals surface area contributed by atoms with Crippen LogP contribution in [0.4, 0.5) is 0 Å². The zero-order chi connectivity index (χ0) is 12.4. The van der Waals surface area contributed by atoms with Gasteiger partial charge in [0.1, 0.15) is 10.7 Å². The highest BCUT2D eigenvalue weighted by Crippen LogP contribution is 2.15. The van der Waals surface area contributed by atoms with Crippen molar-refractivity contribution in [3.63, 3.8) is 0 Å². The van der Waals surface area contributed by atoms with Gasteiger partial charge in [0.15, 0.2) is 5.82 Å². The normalized spacial score (nSPS) is 10.5. The lowest BCUT2D eigenvalue weighted by Gasteiger charge is -2.14. The van der Waals surface area contributed by atoms with Gasteiger partial charge in [0.25, 0.3) is 5.91 Å². The summed E-state index contributed by atoms with van der Waals surface area (Å²) in [4.78, 5) is 22.6. The Morgan fingerprint density at radius 2 is 2.29 bits per heavy atom. The number of carbonyl (C=O) groups is 1. The summed E-state index contributed by atoms with van der Waals surface area (Å²) in [6.45, 7) is 4.04. The molecule has 2 rings (SSSR count). The number of aromatic amines is 1. The molecule has 0 atom stereocenters. The van der Waals surface area contributed by atoms with Crippen LogP contribution in [-0.2, 0) is 6.54 Å². The topological polar surface area (TPSA) is 74.8 Å². The third-order valence-corrected chi connectivity index (χ3v) is 3.23. The molecular formula is C10H13N5OS. The molecule has 90 valence electrons. The van der Waals surface area contributed by atoms with Crippen molar-refractivity contribution < 1.29 is 4.79 Å². The summed E-state index contributed by atoms with van der Waals surface area (Å²) < 4.78 is 0. The van der Waals surface area contributed by atoms with E-state index >= 15 is 0 Å². The summed E-state index contributed by atoms with van der Waals surface area (Å²) in [7, 11) is 1.73. The number of aromatic nitrogens is 4. The van der Waals surface area contributed by atoms with Crippen molar-refractivity contribution in [2.45, 2.75) is 20.4 Å². The lowest BCUT2D eigenvalue weighted by Crippen LogP contribution is -2.26. The minimum absolute atomic E-state index is 0.0487. The van der Waals surface area contributed by atoms with Gasteiger partial charge in [-0.1, -0.05) is 0 Å². The zero-order valence-electron chi connectivity index (χ0n) is 9.89. The fraction of sp³-hybridized carbons (Fsp3) is 0.400. The SMILES string of the molecule is Cc1nc(CN(C)C(=O)c2scnc2C)n[nH]1. The van der Waals surface area contributed by atoms with Gasteiger partial charge >= 0.3 is 0 Å². The number of hydrogen-bond acceptors (Lipinski definition) is 5. The Balaban J connectivity index is 2.08. The molecule has 1 amide bonds. The molecule has 0 aliphatic heterocycles. The molecule has 2 aromatic heterocycles. The molecule has 0 fully saturated rings. The summed E-state index contributed by atoms with van der Waals surface area (Å²) in [6.07, 6.45) is 0. The van der Waals surface area contributed by atoms with E-state index in [-0.39, 0.29) is 5.91 Å². The predicted molar refractivity (Wildman–Crippen MR) is 63.8 cm³/mol. The first-order chi connectivity index (χ1) is 8.08. The first-order valence-corrected chi connectivity index (χ1v) is 5.99. The first-order valence-electron chi connectivity index (χ1n) is 5.11. The second kappa shape index (κ2) is 4.62. The van der Waals surface area contributed by atoms with Crippen LogP contribution in [0, 0.1) is 13.8 Å². The molecule has 0 aliphatic carbocycles. The molecule has 0 bridgehead atoms. The zero-order valence-corrected chi connectivity index (χ0v) is 10.7. The van der Waals surface area contributed by atoms with E-state index in [0.29, 0.717) is 17.2 Å². The van der Waals surface area contributed by atoms with Crippen LogP contribution in [-0.4, -0.2) is 38.0 Å². The van der Waals surface area contributed by atoms with Crippen molar-refractivity contribution in [1.82, 2.24) is 25.1 Å². The standard InChI is InChI=1S/C10H13N5OS/c1-6-9(17-5-11-6)10(16)15(3)4-8-12-7(2)13-14-8/h5H,4H2,1-3H3,(H,12,13,14). The maximum Gasteiger partial charge on any atom is 0.265 e. The van der Waals surface area contributed by atoms with Crippen molar-refractivity contribution >= 4 is 17.2 Å². The largest absolute Gasteiger partial charge is 0.333 e. The summed E-state index contributed by atoms with van der Waals surface area (Å²) in [5.41, 5.74) is 2.44. The van der Waals surface area contributed by atoms with Crippen molar-refractivity contribution in [3.05, 3.63) is 27.7 Å². The maximum absolute atomic E-state index is 12.1. The van der Waals surface area contributed by atoms with Gasteiger partial charge in [-0.2, -0.15) is 5.10 Å². The highest BCUT2D eigenvalue weighted by Gasteiger charge is 2.17. The number of carbonyl (C=O) groups excluding carboxylic acids is 1. The van der Waals surface area contributed by atoms with Crippen LogP contribution in [0.25, 0.3) is 0 Å². The number of nitrogens with one attached hydrogen (secondary N) is 1. The van der Waals surface area contributed by atoms with E-state index in [1.54, 1.807) is 17.5 Å². The molecule has 0 saturated heterocycles. The Bertz CT molecular complexity index is 532. The molecule has 0 aliphatic rings. The van der Waals surface area contributed by atoms with E-state index in [1.165, 1.54) is 11.3 Å². The Kier molecular flexibility index (Phi) is 3.19. The van der Waals surface area contributed by atoms with Crippen LogP contribution in [0.5, 0.6) is 0 Å². The van der Waals surface area contributed by atoms with Crippen molar-refractivity contribution in [2.75, 3.05) is 7.05 Å². The summed E-state index contributed by atoms with van der Waals surface area (Å²) >= 11 is 1.35. The minimum Gasteiger partial charge on any atom is -0.333 e. The van der Waals surface area contributed by atoms with Gasteiger partial charge in [-0.15, -0.1) is 11.3 Å². The van der Waals surface area contributed by atoms with E-state index in [9.17, 15) is 4.79 Å². The minimum atomic E-state index is -0.0487. The van der Waals surface area contributed by atoms with E-state index in [0.717, 1.165) is 11.5 Å². The maximum atomic E-state index is 12.1. The average molecular weight is 251 g/mol. The van der Waals surface area contributed by atoms with E-state index < -0.39 is 0 Å². The Hall–Kier alpha value is -1.76. The fourth-order valence-corrected chi connectivity index (χ4v) is 2.22. The van der Waals surface area contributed by atoms with Gasteiger partial charge in [0.2, 0.25) is 0 Å². The number of thiazole rings is 1. The van der Waals surface area contributed by atoms with Crippen LogP contribution < -0.4 is 0 Å². The molecule has 17 heavy (non-hydrogen) atoms. The molecule has 1 N–H and O–H groups in total. The van der Waals surface area contributed by atoms with Crippen LogP contribution in [0.2, 0.25) is 0 Å². The molecule has 0 radical (unpaired) electrons. The monoisotopic (exact) mass is 251 g/mol. The molecule has 6 nitrogen and oxygen atoms in total. The molecule has 2 heterocycles. The van der Waals surface area contributed by atoms with Crippen LogP contribution >= 0.6 is 11.3 Å². The lowest BCUT2D eigenvalue weighted by atomic mass is 10.3. The Morgan fingerprint density at radius 1 is 1.53 bits per heavy atom. The molecular weight excluding hydrogens is 238 g/mol. The molecule has 2 aromatic rings. The van der Waals surface area contributed by atoms with E-state index in [4.69, 9.17) is 0 Å². The third kappa shape index (κ3) is 2.50. The number of hydrogen-bond donors (Lipinski definition) is 1. The quantitative estimate of drug-likeness (QED) is 0.888. The second-order valence-corrected chi connectivity index (χ2v) is 4.62.